The van der Waals surface area contributed by atoms with Crippen LogP contribution in [-0.2, 0) is 17.5 Å². The van der Waals surface area contributed by atoms with Crippen LogP contribution in [0.4, 0.5) is 13.2 Å². The molecule has 2 rings (SSSR count). The first-order valence-electron chi connectivity index (χ1n) is 6.41. The molecule has 0 bridgehead atoms. The summed E-state index contributed by atoms with van der Waals surface area (Å²) in [7, 11) is 0. The Labute approximate surface area is 133 Å². The van der Waals surface area contributed by atoms with Crippen molar-refractivity contribution >= 4 is 21.8 Å². The van der Waals surface area contributed by atoms with Crippen molar-refractivity contribution < 1.29 is 18.0 Å². The number of rotatable bonds is 4. The molecule has 118 valence electrons. The number of alkyl halides is 3. The molecule has 0 saturated carbocycles. The number of hydrogen-bond acceptors (Lipinski definition) is 2. The maximum atomic E-state index is 12.9. The average Bonchev–Trinajstić information content (AvgIpc) is 2.90. The first-order valence-corrected chi connectivity index (χ1v) is 7.21. The SMILES string of the molecule is C[C@H](C(=O)NCc1ccccc1C(F)(F)F)n1cc(Br)cn1. The molecule has 1 atom stereocenters. The van der Waals surface area contributed by atoms with Gasteiger partial charge < -0.3 is 5.32 Å². The van der Waals surface area contributed by atoms with Crippen LogP contribution in [-0.4, -0.2) is 15.7 Å². The molecule has 0 radical (unpaired) electrons. The summed E-state index contributed by atoms with van der Waals surface area (Å²) < 4.78 is 40.7. The Morgan fingerprint density at radius 1 is 1.41 bits per heavy atom. The third kappa shape index (κ3) is 3.88. The van der Waals surface area contributed by atoms with E-state index in [-0.39, 0.29) is 12.1 Å². The van der Waals surface area contributed by atoms with Crippen LogP contribution in [0.3, 0.4) is 0 Å². The largest absolute Gasteiger partial charge is 0.416 e. The summed E-state index contributed by atoms with van der Waals surface area (Å²) in [6.07, 6.45) is -1.30. The van der Waals surface area contributed by atoms with Gasteiger partial charge in [-0.2, -0.15) is 18.3 Å². The van der Waals surface area contributed by atoms with Crippen LogP contribution < -0.4 is 5.32 Å². The Morgan fingerprint density at radius 3 is 2.68 bits per heavy atom. The highest BCUT2D eigenvalue weighted by Gasteiger charge is 2.32. The Hall–Kier alpha value is -1.83. The van der Waals surface area contributed by atoms with E-state index >= 15 is 0 Å². The zero-order valence-electron chi connectivity index (χ0n) is 11.6. The zero-order valence-corrected chi connectivity index (χ0v) is 13.1. The molecule has 0 saturated heterocycles. The molecule has 1 heterocycles. The second-order valence-corrected chi connectivity index (χ2v) is 5.60. The third-order valence-corrected chi connectivity index (χ3v) is 3.53. The van der Waals surface area contributed by atoms with E-state index in [0.717, 1.165) is 10.5 Å². The number of carbonyl (C=O) groups is 1. The molecule has 8 heteroatoms. The van der Waals surface area contributed by atoms with E-state index in [1.165, 1.54) is 29.1 Å². The highest BCUT2D eigenvalue weighted by atomic mass is 79.9. The second kappa shape index (κ2) is 6.51. The highest BCUT2D eigenvalue weighted by molar-refractivity contribution is 9.10. The topological polar surface area (TPSA) is 46.9 Å². The molecule has 1 amide bonds. The highest BCUT2D eigenvalue weighted by Crippen LogP contribution is 2.31. The Kier molecular flexibility index (Phi) is 4.90. The zero-order chi connectivity index (χ0) is 16.3. The lowest BCUT2D eigenvalue weighted by Crippen LogP contribution is -2.31. The van der Waals surface area contributed by atoms with Gasteiger partial charge in [0.15, 0.2) is 0 Å². The summed E-state index contributed by atoms with van der Waals surface area (Å²) in [6.45, 7) is 1.42. The molecular weight excluding hydrogens is 363 g/mol. The number of halogens is 4. The van der Waals surface area contributed by atoms with Gasteiger partial charge in [0, 0.05) is 12.7 Å². The summed E-state index contributed by atoms with van der Waals surface area (Å²) in [5, 5.41) is 6.48. The molecule has 1 aromatic heterocycles. The molecular formula is C14H13BrF3N3O. The van der Waals surface area contributed by atoms with Gasteiger partial charge in [0.2, 0.25) is 5.91 Å². The smallest absolute Gasteiger partial charge is 0.350 e. The van der Waals surface area contributed by atoms with Crippen molar-refractivity contribution in [2.45, 2.75) is 25.7 Å². The van der Waals surface area contributed by atoms with Gasteiger partial charge >= 0.3 is 6.18 Å². The van der Waals surface area contributed by atoms with Crippen molar-refractivity contribution in [1.29, 1.82) is 0 Å². The van der Waals surface area contributed by atoms with Gasteiger partial charge in [-0.15, -0.1) is 0 Å². The predicted octanol–water partition coefficient (Wildman–Crippen LogP) is 3.54. The van der Waals surface area contributed by atoms with Gasteiger partial charge in [0.25, 0.3) is 0 Å². The van der Waals surface area contributed by atoms with E-state index in [4.69, 9.17) is 0 Å². The number of hydrogen-bond donors (Lipinski definition) is 1. The molecule has 22 heavy (non-hydrogen) atoms. The van der Waals surface area contributed by atoms with Gasteiger partial charge in [-0.05, 0) is 34.5 Å². The van der Waals surface area contributed by atoms with Crippen molar-refractivity contribution in [2.75, 3.05) is 0 Å². The molecule has 0 aliphatic carbocycles. The lowest BCUT2D eigenvalue weighted by molar-refractivity contribution is -0.138. The Morgan fingerprint density at radius 2 is 2.09 bits per heavy atom. The van der Waals surface area contributed by atoms with Crippen molar-refractivity contribution in [2.24, 2.45) is 0 Å². The quantitative estimate of drug-likeness (QED) is 0.888. The van der Waals surface area contributed by atoms with Crippen LogP contribution in [0.15, 0.2) is 41.1 Å². The van der Waals surface area contributed by atoms with E-state index < -0.39 is 23.7 Å². The van der Waals surface area contributed by atoms with Gasteiger partial charge in [-0.25, -0.2) is 0 Å². The monoisotopic (exact) mass is 375 g/mol. The Balaban J connectivity index is 2.06. The standard InChI is InChI=1S/C14H13BrF3N3O/c1-9(21-8-11(15)7-20-21)13(22)19-6-10-4-2-3-5-12(10)14(16,17)18/h2-5,7-9H,6H2,1H3,(H,19,22)/t9-/m1/s1. The average molecular weight is 376 g/mol. The lowest BCUT2D eigenvalue weighted by atomic mass is 10.1. The Bertz CT molecular complexity index is 669. The summed E-state index contributed by atoms with van der Waals surface area (Å²) in [5.74, 6) is -0.410. The second-order valence-electron chi connectivity index (χ2n) is 4.69. The first-order chi connectivity index (χ1) is 10.3. The summed E-state index contributed by atoms with van der Waals surface area (Å²) >= 11 is 3.22. The maximum Gasteiger partial charge on any atom is 0.416 e. The molecule has 4 nitrogen and oxygen atoms in total. The molecule has 0 aliphatic heterocycles. The van der Waals surface area contributed by atoms with Crippen LogP contribution >= 0.6 is 15.9 Å². The normalized spacial score (nSPS) is 13.0. The number of amides is 1. The molecule has 0 spiro atoms. The van der Waals surface area contributed by atoms with Crippen LogP contribution in [0.1, 0.15) is 24.1 Å². The van der Waals surface area contributed by atoms with Crippen molar-refractivity contribution in [3.05, 3.63) is 52.3 Å². The molecule has 0 fully saturated rings. The van der Waals surface area contributed by atoms with Gasteiger partial charge in [0.1, 0.15) is 6.04 Å². The minimum atomic E-state index is -4.44. The van der Waals surface area contributed by atoms with Gasteiger partial charge in [-0.3, -0.25) is 9.48 Å². The fourth-order valence-electron chi connectivity index (χ4n) is 1.93. The molecule has 2 aromatic rings. The van der Waals surface area contributed by atoms with Crippen molar-refractivity contribution in [3.63, 3.8) is 0 Å². The maximum absolute atomic E-state index is 12.9. The van der Waals surface area contributed by atoms with Crippen molar-refractivity contribution in [1.82, 2.24) is 15.1 Å². The van der Waals surface area contributed by atoms with Crippen LogP contribution in [0.5, 0.6) is 0 Å². The number of nitrogens with zero attached hydrogens (tertiary/aromatic N) is 2. The summed E-state index contributed by atoms with van der Waals surface area (Å²) in [4.78, 5) is 12.0. The van der Waals surface area contributed by atoms with Crippen LogP contribution in [0, 0.1) is 0 Å². The number of aromatic nitrogens is 2. The number of nitrogens with one attached hydrogen (secondary N) is 1. The summed E-state index contributed by atoms with van der Waals surface area (Å²) in [6, 6.07) is 4.54. The fraction of sp³-hybridized carbons (Fsp3) is 0.286. The number of carbonyl (C=O) groups excluding carboxylic acids is 1. The molecule has 1 N–H and O–H groups in total. The van der Waals surface area contributed by atoms with E-state index in [2.05, 4.69) is 26.3 Å². The fourth-order valence-corrected chi connectivity index (χ4v) is 2.23. The van der Waals surface area contributed by atoms with Crippen LogP contribution in [0.25, 0.3) is 0 Å². The molecule has 0 aliphatic rings. The first kappa shape index (κ1) is 16.5. The predicted molar refractivity (Wildman–Crippen MR) is 77.9 cm³/mol. The van der Waals surface area contributed by atoms with Gasteiger partial charge in [0.05, 0.1) is 16.2 Å². The number of benzene rings is 1. The van der Waals surface area contributed by atoms with E-state index in [0.29, 0.717) is 0 Å². The molecule has 1 aromatic carbocycles. The van der Waals surface area contributed by atoms with Crippen LogP contribution in [0.2, 0.25) is 0 Å². The third-order valence-electron chi connectivity index (χ3n) is 3.12. The summed E-state index contributed by atoms with van der Waals surface area (Å²) in [5.41, 5.74) is -0.720. The van der Waals surface area contributed by atoms with Crippen molar-refractivity contribution in [3.8, 4) is 0 Å². The van der Waals surface area contributed by atoms with E-state index in [1.807, 2.05) is 0 Å². The minimum Gasteiger partial charge on any atom is -0.350 e. The van der Waals surface area contributed by atoms with E-state index in [1.54, 1.807) is 13.1 Å². The minimum absolute atomic E-state index is 0.0252. The van der Waals surface area contributed by atoms with E-state index in [9.17, 15) is 18.0 Å². The lowest BCUT2D eigenvalue weighted by Gasteiger charge is -2.15. The van der Waals surface area contributed by atoms with Gasteiger partial charge in [-0.1, -0.05) is 18.2 Å². The molecule has 0 unspecified atom stereocenters.